The molecule has 0 bridgehead atoms. The zero-order valence-corrected chi connectivity index (χ0v) is 14.5. The Morgan fingerprint density at radius 3 is 2.96 bits per heavy atom. The van der Waals surface area contributed by atoms with Gasteiger partial charge < -0.3 is 0 Å². The average Bonchev–Trinajstić information content (AvgIpc) is 3.42. The van der Waals surface area contributed by atoms with E-state index in [0.717, 1.165) is 29.3 Å². The Kier molecular flexibility index (Phi) is 4.30. The van der Waals surface area contributed by atoms with Crippen molar-refractivity contribution in [3.63, 3.8) is 0 Å². The molecule has 1 aliphatic rings. The van der Waals surface area contributed by atoms with E-state index >= 15 is 0 Å². The van der Waals surface area contributed by atoms with Crippen molar-refractivity contribution in [2.75, 3.05) is 5.43 Å². The summed E-state index contributed by atoms with van der Waals surface area (Å²) in [7, 11) is 0. The third-order valence-corrected chi connectivity index (χ3v) is 4.53. The minimum atomic E-state index is -0.458. The van der Waals surface area contributed by atoms with Crippen LogP contribution in [0, 0.1) is 5.92 Å². The number of pyridine rings is 1. The summed E-state index contributed by atoms with van der Waals surface area (Å²) >= 11 is 6.07. The number of anilines is 1. The molecule has 7 nitrogen and oxygen atoms in total. The third-order valence-electron chi connectivity index (χ3n) is 4.29. The van der Waals surface area contributed by atoms with Gasteiger partial charge in [0.2, 0.25) is 0 Å². The Morgan fingerprint density at radius 1 is 1.31 bits per heavy atom. The smallest absolute Gasteiger partial charge is 0.278 e. The fourth-order valence-electron chi connectivity index (χ4n) is 2.77. The van der Waals surface area contributed by atoms with E-state index in [2.05, 4.69) is 20.5 Å². The first-order valence-electron chi connectivity index (χ1n) is 8.28. The number of hydrazone groups is 1. The molecule has 0 saturated heterocycles. The quantitative estimate of drug-likeness (QED) is 0.534. The maximum atomic E-state index is 12.1. The molecule has 3 aromatic rings. The van der Waals surface area contributed by atoms with Crippen molar-refractivity contribution in [1.82, 2.24) is 14.5 Å². The van der Waals surface area contributed by atoms with E-state index in [1.165, 1.54) is 10.6 Å². The minimum absolute atomic E-state index is 0.373. The molecule has 0 aliphatic heterocycles. The van der Waals surface area contributed by atoms with Gasteiger partial charge in [-0.25, -0.2) is 4.79 Å². The molecule has 0 unspecified atom stereocenters. The lowest BCUT2D eigenvalue weighted by atomic mass is 10.1. The Labute approximate surface area is 153 Å². The van der Waals surface area contributed by atoms with Crippen LogP contribution in [0.3, 0.4) is 0 Å². The lowest BCUT2D eigenvalue weighted by Crippen LogP contribution is -2.31. The maximum absolute atomic E-state index is 12.1. The zero-order valence-electron chi connectivity index (χ0n) is 13.8. The molecule has 1 aromatic carbocycles. The summed E-state index contributed by atoms with van der Waals surface area (Å²) < 4.78 is 1.51. The fraction of sp³-hybridized carbons (Fsp3) is 0.222. The summed E-state index contributed by atoms with van der Waals surface area (Å²) in [6.45, 7) is 0.571. The molecule has 2 N–H and O–H groups in total. The summed E-state index contributed by atoms with van der Waals surface area (Å²) in [6.07, 6.45) is 5.50. The van der Waals surface area contributed by atoms with Crippen LogP contribution in [0.1, 0.15) is 18.4 Å². The van der Waals surface area contributed by atoms with Gasteiger partial charge in [0.05, 0.1) is 11.7 Å². The molecular formula is C18H16ClN5O2. The van der Waals surface area contributed by atoms with Gasteiger partial charge in [0.25, 0.3) is 5.56 Å². The Bertz CT molecular complexity index is 1110. The van der Waals surface area contributed by atoms with Gasteiger partial charge in [-0.3, -0.25) is 24.8 Å². The van der Waals surface area contributed by atoms with Gasteiger partial charge in [0.1, 0.15) is 5.82 Å². The lowest BCUT2D eigenvalue weighted by Gasteiger charge is -2.10. The van der Waals surface area contributed by atoms with Gasteiger partial charge in [0.15, 0.2) is 0 Å². The molecule has 2 heterocycles. The average molecular weight is 370 g/mol. The Hall–Kier alpha value is -2.93. The van der Waals surface area contributed by atoms with Crippen LogP contribution in [0.5, 0.6) is 0 Å². The van der Waals surface area contributed by atoms with Crippen molar-refractivity contribution in [3.05, 3.63) is 68.0 Å². The van der Waals surface area contributed by atoms with Crippen LogP contribution in [0.2, 0.25) is 5.02 Å². The van der Waals surface area contributed by atoms with Gasteiger partial charge in [-0.1, -0.05) is 11.6 Å². The van der Waals surface area contributed by atoms with Crippen molar-refractivity contribution >= 4 is 34.5 Å². The highest BCUT2D eigenvalue weighted by Gasteiger charge is 2.23. The summed E-state index contributed by atoms with van der Waals surface area (Å²) in [5.41, 5.74) is 3.56. The number of hydrogen-bond donors (Lipinski definition) is 2. The summed E-state index contributed by atoms with van der Waals surface area (Å²) in [6, 6.07) is 8.60. The van der Waals surface area contributed by atoms with Crippen molar-refractivity contribution in [1.29, 1.82) is 0 Å². The number of fused-ring (bicyclic) bond motifs is 1. The van der Waals surface area contributed by atoms with E-state index in [1.807, 2.05) is 18.2 Å². The SMILES string of the molecule is O=c1cc(NN=Cc2ccnc3ccc(Cl)cc23)n(CC2CC2)c(=O)[nH]1. The molecule has 132 valence electrons. The van der Waals surface area contributed by atoms with Gasteiger partial charge in [-0.2, -0.15) is 5.10 Å². The molecule has 0 radical (unpaired) electrons. The number of benzene rings is 1. The van der Waals surface area contributed by atoms with E-state index in [4.69, 9.17) is 11.6 Å². The molecule has 0 atom stereocenters. The van der Waals surface area contributed by atoms with Crippen LogP contribution in [0.4, 0.5) is 5.82 Å². The first kappa shape index (κ1) is 16.5. The molecule has 2 aromatic heterocycles. The fourth-order valence-corrected chi connectivity index (χ4v) is 2.95. The number of aromatic nitrogens is 3. The number of H-pyrrole nitrogens is 1. The molecule has 1 aliphatic carbocycles. The molecule has 26 heavy (non-hydrogen) atoms. The minimum Gasteiger partial charge on any atom is -0.278 e. The molecule has 4 rings (SSSR count). The normalized spacial score (nSPS) is 14.2. The monoisotopic (exact) mass is 369 g/mol. The highest BCUT2D eigenvalue weighted by molar-refractivity contribution is 6.31. The predicted molar refractivity (Wildman–Crippen MR) is 102 cm³/mol. The summed E-state index contributed by atoms with van der Waals surface area (Å²) in [5.74, 6) is 0.854. The standard InChI is InChI=1S/C18H16ClN5O2/c19-13-3-4-15-14(7-13)12(5-6-20-15)9-21-23-16-8-17(25)22-18(26)24(16)10-11-1-2-11/h3-9,11,23H,1-2,10H2,(H,22,25,26). The van der Waals surface area contributed by atoms with Crippen molar-refractivity contribution in [2.24, 2.45) is 11.0 Å². The topological polar surface area (TPSA) is 92.1 Å². The maximum Gasteiger partial charge on any atom is 0.329 e. The molecule has 0 spiro atoms. The highest BCUT2D eigenvalue weighted by Crippen LogP contribution is 2.30. The number of aromatic amines is 1. The van der Waals surface area contributed by atoms with Gasteiger partial charge in [-0.05, 0) is 43.0 Å². The molecule has 1 saturated carbocycles. The van der Waals surface area contributed by atoms with Gasteiger partial charge >= 0.3 is 5.69 Å². The number of hydrogen-bond acceptors (Lipinski definition) is 5. The predicted octanol–water partition coefficient (Wildman–Crippen LogP) is 2.59. The largest absolute Gasteiger partial charge is 0.329 e. The third kappa shape index (κ3) is 3.52. The first-order valence-corrected chi connectivity index (χ1v) is 8.65. The number of rotatable bonds is 5. The van der Waals surface area contributed by atoms with Gasteiger partial charge in [-0.15, -0.1) is 0 Å². The molecule has 0 amide bonds. The second-order valence-corrected chi connectivity index (χ2v) is 6.75. The summed E-state index contributed by atoms with van der Waals surface area (Å²) in [4.78, 5) is 30.3. The van der Waals surface area contributed by atoms with E-state index in [1.54, 1.807) is 18.5 Å². The van der Waals surface area contributed by atoms with Crippen molar-refractivity contribution < 1.29 is 0 Å². The summed E-state index contributed by atoms with van der Waals surface area (Å²) in [5, 5.41) is 5.68. The molecule has 8 heteroatoms. The van der Waals surface area contributed by atoms with Crippen LogP contribution < -0.4 is 16.7 Å². The van der Waals surface area contributed by atoms with Crippen molar-refractivity contribution in [3.8, 4) is 0 Å². The van der Waals surface area contributed by atoms with E-state index in [9.17, 15) is 9.59 Å². The van der Waals surface area contributed by atoms with Gasteiger partial charge in [0, 0.05) is 34.8 Å². The van der Waals surface area contributed by atoms with Crippen LogP contribution in [-0.4, -0.2) is 20.7 Å². The van der Waals surface area contributed by atoms with Crippen LogP contribution in [-0.2, 0) is 6.54 Å². The second kappa shape index (κ2) is 6.76. The Morgan fingerprint density at radius 2 is 2.15 bits per heavy atom. The molecular weight excluding hydrogens is 354 g/mol. The second-order valence-electron chi connectivity index (χ2n) is 6.31. The van der Waals surface area contributed by atoms with E-state index in [0.29, 0.717) is 23.3 Å². The number of nitrogens with zero attached hydrogens (tertiary/aromatic N) is 3. The zero-order chi connectivity index (χ0) is 18.1. The van der Waals surface area contributed by atoms with E-state index in [-0.39, 0.29) is 0 Å². The van der Waals surface area contributed by atoms with Crippen molar-refractivity contribution in [2.45, 2.75) is 19.4 Å². The Balaban J connectivity index is 1.64. The van der Waals surface area contributed by atoms with E-state index < -0.39 is 11.2 Å². The first-order chi connectivity index (χ1) is 12.6. The van der Waals surface area contributed by atoms with Crippen LogP contribution in [0.25, 0.3) is 10.9 Å². The number of nitrogens with one attached hydrogen (secondary N) is 2. The number of halogens is 1. The van der Waals surface area contributed by atoms with Crippen LogP contribution in [0.15, 0.2) is 51.2 Å². The molecule has 1 fully saturated rings. The van der Waals surface area contributed by atoms with Crippen LogP contribution >= 0.6 is 11.6 Å². The highest BCUT2D eigenvalue weighted by atomic mass is 35.5. The lowest BCUT2D eigenvalue weighted by molar-refractivity contribution is 0.595.